The van der Waals surface area contributed by atoms with Crippen LogP contribution in [0.5, 0.6) is 0 Å². The summed E-state index contributed by atoms with van der Waals surface area (Å²) in [5.74, 6) is 0.411. The van der Waals surface area contributed by atoms with Crippen molar-refractivity contribution in [1.29, 1.82) is 0 Å². The van der Waals surface area contributed by atoms with Crippen LogP contribution in [0.1, 0.15) is 26.7 Å². The van der Waals surface area contributed by atoms with Gasteiger partial charge in [-0.05, 0) is 12.8 Å². The second-order valence-corrected chi connectivity index (χ2v) is 7.04. The van der Waals surface area contributed by atoms with Gasteiger partial charge in [0.25, 0.3) is 0 Å². The van der Waals surface area contributed by atoms with Crippen LogP contribution in [-0.4, -0.2) is 70.2 Å². The van der Waals surface area contributed by atoms with Gasteiger partial charge in [-0.3, -0.25) is 19.2 Å². The molecule has 0 aromatic carbocycles. The molecule has 1 aromatic heterocycles. The number of piperidine rings is 1. The third kappa shape index (κ3) is 3.31. The van der Waals surface area contributed by atoms with Crippen LogP contribution in [0, 0.1) is 5.92 Å². The summed E-state index contributed by atoms with van der Waals surface area (Å²) in [6, 6.07) is -0.0738. The third-order valence-electron chi connectivity index (χ3n) is 4.97. The summed E-state index contributed by atoms with van der Waals surface area (Å²) in [6.07, 6.45) is 5.53. The Balaban J connectivity index is 1.63. The van der Waals surface area contributed by atoms with Crippen LogP contribution in [0.2, 0.25) is 0 Å². The second kappa shape index (κ2) is 6.93. The number of amides is 2. The molecule has 1 atom stereocenters. The Morgan fingerprint density at radius 3 is 2.50 bits per heavy atom. The Morgan fingerprint density at radius 2 is 1.92 bits per heavy atom. The Morgan fingerprint density at radius 1 is 1.21 bits per heavy atom. The first kappa shape index (κ1) is 17.0. The molecular formula is C17H27N5O2. The number of piperazine rings is 1. The van der Waals surface area contributed by atoms with Crippen LogP contribution in [0.15, 0.2) is 12.4 Å². The lowest BCUT2D eigenvalue weighted by Crippen LogP contribution is -2.58. The number of hydrogen-bond acceptors (Lipinski definition) is 4. The fraction of sp³-hybridized carbons (Fsp3) is 0.706. The molecule has 0 N–H and O–H groups in total. The maximum Gasteiger partial charge on any atom is 0.244 e. The maximum atomic E-state index is 12.9. The van der Waals surface area contributed by atoms with Crippen molar-refractivity contribution in [1.82, 2.24) is 19.6 Å². The fourth-order valence-corrected chi connectivity index (χ4v) is 3.62. The number of carbonyl (C=O) groups excluding carboxylic acids is 2. The van der Waals surface area contributed by atoms with Crippen molar-refractivity contribution in [3.63, 3.8) is 0 Å². The minimum absolute atomic E-state index is 0.0361. The lowest BCUT2D eigenvalue weighted by atomic mass is 10.0. The molecule has 7 nitrogen and oxygen atoms in total. The monoisotopic (exact) mass is 333 g/mol. The van der Waals surface area contributed by atoms with Gasteiger partial charge in [0.15, 0.2) is 0 Å². The highest BCUT2D eigenvalue weighted by Gasteiger charge is 2.36. The number of hydrogen-bond donors (Lipinski definition) is 0. The Kier molecular flexibility index (Phi) is 4.89. The molecule has 2 aliphatic heterocycles. The molecular weight excluding hydrogens is 306 g/mol. The zero-order valence-corrected chi connectivity index (χ0v) is 14.8. The molecule has 0 saturated carbocycles. The van der Waals surface area contributed by atoms with E-state index in [0.717, 1.165) is 38.2 Å². The van der Waals surface area contributed by atoms with Crippen molar-refractivity contribution >= 4 is 17.5 Å². The molecule has 0 unspecified atom stereocenters. The first-order valence-corrected chi connectivity index (χ1v) is 8.80. The van der Waals surface area contributed by atoms with E-state index in [1.54, 1.807) is 10.9 Å². The van der Waals surface area contributed by atoms with E-state index >= 15 is 0 Å². The van der Waals surface area contributed by atoms with Crippen LogP contribution in [0.3, 0.4) is 0 Å². The van der Waals surface area contributed by atoms with Crippen LogP contribution < -0.4 is 4.90 Å². The molecule has 0 radical (unpaired) electrons. The highest BCUT2D eigenvalue weighted by Crippen LogP contribution is 2.24. The average Bonchev–Trinajstić information content (AvgIpc) is 3.01. The normalized spacial score (nSPS) is 23.2. The van der Waals surface area contributed by atoms with E-state index in [1.807, 2.05) is 36.9 Å². The van der Waals surface area contributed by atoms with Crippen molar-refractivity contribution in [2.24, 2.45) is 13.0 Å². The molecule has 2 saturated heterocycles. The molecule has 3 rings (SSSR count). The molecule has 2 aliphatic rings. The minimum Gasteiger partial charge on any atom is -0.340 e. The number of aromatic nitrogens is 2. The predicted octanol–water partition coefficient (Wildman–Crippen LogP) is 0.716. The van der Waals surface area contributed by atoms with E-state index in [1.165, 1.54) is 0 Å². The second-order valence-electron chi connectivity index (χ2n) is 7.04. The van der Waals surface area contributed by atoms with Gasteiger partial charge < -0.3 is 9.80 Å². The van der Waals surface area contributed by atoms with Crippen molar-refractivity contribution in [2.75, 3.05) is 37.6 Å². The van der Waals surface area contributed by atoms with E-state index in [2.05, 4.69) is 10.00 Å². The van der Waals surface area contributed by atoms with Gasteiger partial charge in [0.1, 0.15) is 0 Å². The van der Waals surface area contributed by atoms with Gasteiger partial charge in [0, 0.05) is 51.9 Å². The molecule has 0 spiro atoms. The summed E-state index contributed by atoms with van der Waals surface area (Å²) in [5, 5.41) is 4.17. The van der Waals surface area contributed by atoms with E-state index < -0.39 is 0 Å². The predicted molar refractivity (Wildman–Crippen MR) is 91.6 cm³/mol. The summed E-state index contributed by atoms with van der Waals surface area (Å²) < 4.78 is 1.72. The first-order valence-electron chi connectivity index (χ1n) is 8.80. The van der Waals surface area contributed by atoms with Gasteiger partial charge in [-0.15, -0.1) is 0 Å². The SMILES string of the molecule is CC(C)C(=O)N1CCN([C@@H]2CCCN(c3cnn(C)c3)C2=O)CC1. The molecule has 24 heavy (non-hydrogen) atoms. The number of aryl methyl sites for hydroxylation is 1. The summed E-state index contributed by atoms with van der Waals surface area (Å²) in [6.45, 7) is 7.61. The van der Waals surface area contributed by atoms with Crippen LogP contribution in [0.4, 0.5) is 5.69 Å². The summed E-state index contributed by atoms with van der Waals surface area (Å²) in [5.41, 5.74) is 0.876. The average molecular weight is 333 g/mol. The Hall–Kier alpha value is -1.89. The zero-order valence-electron chi connectivity index (χ0n) is 14.8. The minimum atomic E-state index is -0.0738. The Labute approximate surface area is 143 Å². The summed E-state index contributed by atoms with van der Waals surface area (Å²) in [4.78, 5) is 31.1. The third-order valence-corrected chi connectivity index (χ3v) is 4.97. The zero-order chi connectivity index (χ0) is 17.3. The molecule has 132 valence electrons. The van der Waals surface area contributed by atoms with Crippen molar-refractivity contribution in [3.8, 4) is 0 Å². The fourth-order valence-electron chi connectivity index (χ4n) is 3.62. The van der Waals surface area contributed by atoms with Gasteiger partial charge in [-0.25, -0.2) is 0 Å². The maximum absolute atomic E-state index is 12.9. The van der Waals surface area contributed by atoms with E-state index in [0.29, 0.717) is 13.1 Å². The topological polar surface area (TPSA) is 61.7 Å². The molecule has 1 aromatic rings. The van der Waals surface area contributed by atoms with Crippen LogP contribution in [-0.2, 0) is 16.6 Å². The first-order chi connectivity index (χ1) is 11.5. The largest absolute Gasteiger partial charge is 0.340 e. The van der Waals surface area contributed by atoms with E-state index in [-0.39, 0.29) is 23.8 Å². The summed E-state index contributed by atoms with van der Waals surface area (Å²) >= 11 is 0. The van der Waals surface area contributed by atoms with Crippen molar-refractivity contribution < 1.29 is 9.59 Å². The van der Waals surface area contributed by atoms with Crippen molar-refractivity contribution in [2.45, 2.75) is 32.7 Å². The van der Waals surface area contributed by atoms with Crippen LogP contribution in [0.25, 0.3) is 0 Å². The van der Waals surface area contributed by atoms with E-state index in [9.17, 15) is 9.59 Å². The van der Waals surface area contributed by atoms with Crippen molar-refractivity contribution in [3.05, 3.63) is 12.4 Å². The number of nitrogens with zero attached hydrogens (tertiary/aromatic N) is 5. The van der Waals surface area contributed by atoms with E-state index in [4.69, 9.17) is 0 Å². The Bertz CT molecular complexity index is 604. The molecule has 0 aliphatic carbocycles. The number of anilines is 1. The molecule has 3 heterocycles. The van der Waals surface area contributed by atoms with Gasteiger partial charge >= 0.3 is 0 Å². The van der Waals surface area contributed by atoms with Crippen LogP contribution >= 0.6 is 0 Å². The highest BCUT2D eigenvalue weighted by molar-refractivity contribution is 5.97. The van der Waals surface area contributed by atoms with Gasteiger partial charge in [-0.1, -0.05) is 13.8 Å². The molecule has 7 heteroatoms. The lowest BCUT2D eigenvalue weighted by molar-refractivity contribution is -0.137. The standard InChI is InChI=1S/C17H27N5O2/c1-13(2)16(23)21-9-7-20(8-10-21)15-5-4-6-22(17(15)24)14-11-18-19(3)12-14/h11-13,15H,4-10H2,1-3H3/t15-/m1/s1. The number of carbonyl (C=O) groups is 2. The summed E-state index contributed by atoms with van der Waals surface area (Å²) in [7, 11) is 1.86. The van der Waals surface area contributed by atoms with Gasteiger partial charge in [0.2, 0.25) is 11.8 Å². The lowest BCUT2D eigenvalue weighted by Gasteiger charge is -2.42. The number of rotatable bonds is 3. The van der Waals surface area contributed by atoms with Gasteiger partial charge in [-0.2, -0.15) is 5.10 Å². The molecule has 2 fully saturated rings. The molecule has 2 amide bonds. The smallest absolute Gasteiger partial charge is 0.244 e. The molecule has 0 bridgehead atoms. The van der Waals surface area contributed by atoms with Gasteiger partial charge in [0.05, 0.1) is 17.9 Å². The highest BCUT2D eigenvalue weighted by atomic mass is 16.2. The quantitative estimate of drug-likeness (QED) is 0.818.